The highest BCUT2D eigenvalue weighted by atomic mass is 16.5. The number of benzene rings is 3. The largest absolute Gasteiger partial charge is 0.490 e. The summed E-state index contributed by atoms with van der Waals surface area (Å²) >= 11 is 0. The Hall–Kier alpha value is -3.84. The number of ketones is 1. The highest BCUT2D eigenvalue weighted by Crippen LogP contribution is 2.30. The van der Waals surface area contributed by atoms with Gasteiger partial charge in [-0.1, -0.05) is 66.7 Å². The van der Waals surface area contributed by atoms with Crippen LogP contribution in [-0.2, 0) is 6.61 Å². The predicted octanol–water partition coefficient (Wildman–Crippen LogP) is 5.45. The molecule has 3 aromatic rings. The quantitative estimate of drug-likeness (QED) is 0.295. The van der Waals surface area contributed by atoms with Gasteiger partial charge in [0.2, 0.25) is 5.78 Å². The molecular weight excluding hydrogens is 362 g/mol. The maximum Gasteiger partial charge on any atom is 0.203 e. The summed E-state index contributed by atoms with van der Waals surface area (Å²) in [6.45, 7) is 2.79. The summed E-state index contributed by atoms with van der Waals surface area (Å²) in [6.07, 6.45) is 1.57. The second kappa shape index (κ2) is 9.91. The molecule has 0 unspecified atom stereocenters. The molecule has 144 valence electrons. The summed E-state index contributed by atoms with van der Waals surface area (Å²) < 4.78 is 11.6. The zero-order valence-corrected chi connectivity index (χ0v) is 16.2. The normalized spacial score (nSPS) is 10.8. The van der Waals surface area contributed by atoms with Crippen molar-refractivity contribution in [1.29, 1.82) is 5.26 Å². The fraction of sp³-hybridized carbons (Fsp3) is 0.120. The molecule has 0 saturated heterocycles. The number of carbonyl (C=O) groups excluding carboxylic acids is 1. The van der Waals surface area contributed by atoms with Crippen molar-refractivity contribution in [3.63, 3.8) is 0 Å². The van der Waals surface area contributed by atoms with Crippen molar-refractivity contribution in [2.75, 3.05) is 6.61 Å². The van der Waals surface area contributed by atoms with Crippen molar-refractivity contribution in [2.24, 2.45) is 0 Å². The van der Waals surface area contributed by atoms with Crippen molar-refractivity contribution < 1.29 is 14.3 Å². The van der Waals surface area contributed by atoms with Gasteiger partial charge in [-0.05, 0) is 36.3 Å². The summed E-state index contributed by atoms with van der Waals surface area (Å²) in [6, 6.07) is 26.0. The Balaban J connectivity index is 1.84. The molecule has 0 aliphatic heterocycles. The molecule has 0 heterocycles. The Morgan fingerprint density at radius 2 is 1.62 bits per heavy atom. The minimum atomic E-state index is -0.310. The third-order valence-corrected chi connectivity index (χ3v) is 4.22. The summed E-state index contributed by atoms with van der Waals surface area (Å²) in [4.78, 5) is 12.6. The molecule has 0 atom stereocenters. The third kappa shape index (κ3) is 5.33. The number of hydrogen-bond donors (Lipinski definition) is 0. The Labute approximate surface area is 170 Å². The van der Waals surface area contributed by atoms with Crippen molar-refractivity contribution >= 4 is 11.9 Å². The Morgan fingerprint density at radius 1 is 0.931 bits per heavy atom. The van der Waals surface area contributed by atoms with Gasteiger partial charge in [0.15, 0.2) is 11.5 Å². The Morgan fingerprint density at radius 3 is 2.28 bits per heavy atom. The number of rotatable bonds is 8. The van der Waals surface area contributed by atoms with Crippen LogP contribution in [0.2, 0.25) is 0 Å². The fourth-order valence-corrected chi connectivity index (χ4v) is 2.80. The first-order valence-electron chi connectivity index (χ1n) is 9.36. The van der Waals surface area contributed by atoms with Gasteiger partial charge in [-0.15, -0.1) is 0 Å². The number of carbonyl (C=O) groups is 1. The minimum Gasteiger partial charge on any atom is -0.490 e. The molecule has 0 radical (unpaired) electrons. The number of Topliss-reactive ketones (excluding diaryl/α,β-unsaturated/α-hetero) is 1. The van der Waals surface area contributed by atoms with Gasteiger partial charge in [0.25, 0.3) is 0 Å². The lowest BCUT2D eigenvalue weighted by Gasteiger charge is -2.13. The van der Waals surface area contributed by atoms with E-state index in [0.717, 1.165) is 5.56 Å². The molecule has 29 heavy (non-hydrogen) atoms. The number of nitrogens with zero attached hydrogens (tertiary/aromatic N) is 1. The van der Waals surface area contributed by atoms with E-state index in [1.807, 2.05) is 49.4 Å². The molecule has 0 aliphatic carbocycles. The lowest BCUT2D eigenvalue weighted by Crippen LogP contribution is -2.02. The summed E-state index contributed by atoms with van der Waals surface area (Å²) in [5, 5.41) is 9.46. The van der Waals surface area contributed by atoms with E-state index in [2.05, 4.69) is 0 Å². The summed E-state index contributed by atoms with van der Waals surface area (Å²) in [5.74, 6) is 0.873. The van der Waals surface area contributed by atoms with Crippen LogP contribution in [-0.4, -0.2) is 12.4 Å². The lowest BCUT2D eigenvalue weighted by molar-refractivity contribution is 0.104. The Bertz CT molecular complexity index is 1030. The monoisotopic (exact) mass is 383 g/mol. The van der Waals surface area contributed by atoms with Gasteiger partial charge in [-0.2, -0.15) is 5.26 Å². The van der Waals surface area contributed by atoms with Crippen LogP contribution in [0.4, 0.5) is 0 Å². The highest BCUT2D eigenvalue weighted by molar-refractivity contribution is 6.14. The number of hydrogen-bond acceptors (Lipinski definition) is 4. The molecule has 0 N–H and O–H groups in total. The average Bonchev–Trinajstić information content (AvgIpc) is 2.78. The van der Waals surface area contributed by atoms with E-state index < -0.39 is 0 Å². The van der Waals surface area contributed by atoms with Crippen molar-refractivity contribution in [3.8, 4) is 17.6 Å². The van der Waals surface area contributed by atoms with E-state index in [1.54, 1.807) is 48.5 Å². The van der Waals surface area contributed by atoms with E-state index in [9.17, 15) is 10.1 Å². The smallest absolute Gasteiger partial charge is 0.203 e. The maximum atomic E-state index is 12.6. The van der Waals surface area contributed by atoms with Crippen LogP contribution < -0.4 is 9.47 Å². The lowest BCUT2D eigenvalue weighted by atomic mass is 10.0. The van der Waals surface area contributed by atoms with Crippen LogP contribution >= 0.6 is 0 Å². The van der Waals surface area contributed by atoms with Crippen molar-refractivity contribution in [2.45, 2.75) is 13.5 Å². The molecule has 4 heteroatoms. The molecule has 0 aliphatic rings. The molecule has 4 nitrogen and oxygen atoms in total. The summed E-state index contributed by atoms with van der Waals surface area (Å²) in [5.41, 5.74) is 2.30. The van der Waals surface area contributed by atoms with Gasteiger partial charge in [-0.3, -0.25) is 4.79 Å². The molecule has 0 bridgehead atoms. The van der Waals surface area contributed by atoms with Crippen LogP contribution in [0.25, 0.3) is 6.08 Å². The van der Waals surface area contributed by atoms with E-state index in [4.69, 9.17) is 9.47 Å². The van der Waals surface area contributed by atoms with Gasteiger partial charge in [0.1, 0.15) is 18.2 Å². The van der Waals surface area contributed by atoms with Gasteiger partial charge in [0, 0.05) is 5.56 Å². The number of allylic oxidation sites excluding steroid dienone is 1. The second-order valence-electron chi connectivity index (χ2n) is 6.28. The van der Waals surface area contributed by atoms with Crippen LogP contribution in [0.1, 0.15) is 28.4 Å². The minimum absolute atomic E-state index is 0.0663. The van der Waals surface area contributed by atoms with Gasteiger partial charge < -0.3 is 9.47 Å². The SMILES string of the molecule is CCOc1cc(/C=C(\C#N)C(=O)c2ccccc2)ccc1OCc1ccccc1. The molecule has 0 amide bonds. The van der Waals surface area contributed by atoms with Gasteiger partial charge in [0.05, 0.1) is 6.61 Å². The topological polar surface area (TPSA) is 59.3 Å². The van der Waals surface area contributed by atoms with Gasteiger partial charge in [-0.25, -0.2) is 0 Å². The van der Waals surface area contributed by atoms with Crippen LogP contribution in [0, 0.1) is 11.3 Å². The number of nitriles is 1. The third-order valence-electron chi connectivity index (χ3n) is 4.22. The van der Waals surface area contributed by atoms with Crippen LogP contribution in [0.3, 0.4) is 0 Å². The first-order valence-corrected chi connectivity index (χ1v) is 9.36. The Kier molecular flexibility index (Phi) is 6.80. The van der Waals surface area contributed by atoms with E-state index in [-0.39, 0.29) is 11.4 Å². The summed E-state index contributed by atoms with van der Waals surface area (Å²) in [7, 11) is 0. The highest BCUT2D eigenvalue weighted by Gasteiger charge is 2.13. The van der Waals surface area contributed by atoms with E-state index in [1.165, 1.54) is 0 Å². The molecule has 0 fully saturated rings. The van der Waals surface area contributed by atoms with Crippen LogP contribution in [0.5, 0.6) is 11.5 Å². The van der Waals surface area contributed by atoms with Crippen molar-refractivity contribution in [1.82, 2.24) is 0 Å². The first-order chi connectivity index (χ1) is 14.2. The van der Waals surface area contributed by atoms with Crippen molar-refractivity contribution in [3.05, 3.63) is 101 Å². The number of ether oxygens (including phenoxy) is 2. The molecule has 3 aromatic carbocycles. The molecule has 3 rings (SSSR count). The molecule has 0 spiro atoms. The molecular formula is C25H21NO3. The average molecular weight is 383 g/mol. The fourth-order valence-electron chi connectivity index (χ4n) is 2.80. The zero-order valence-electron chi connectivity index (χ0n) is 16.2. The molecule has 0 aromatic heterocycles. The molecule has 0 saturated carbocycles. The van der Waals surface area contributed by atoms with E-state index in [0.29, 0.717) is 35.8 Å². The van der Waals surface area contributed by atoms with Crippen LogP contribution in [0.15, 0.2) is 84.4 Å². The first kappa shape index (κ1) is 19.9. The van der Waals surface area contributed by atoms with E-state index >= 15 is 0 Å². The van der Waals surface area contributed by atoms with Gasteiger partial charge >= 0.3 is 0 Å². The predicted molar refractivity (Wildman–Crippen MR) is 113 cm³/mol. The standard InChI is InChI=1S/C25H21NO3/c1-2-28-24-16-20(13-14-23(24)29-18-19-9-5-3-6-10-19)15-22(17-26)25(27)21-11-7-4-8-12-21/h3-16H,2,18H2,1H3/b22-15+. The second-order valence-corrected chi connectivity index (χ2v) is 6.28. The maximum absolute atomic E-state index is 12.6. The zero-order chi connectivity index (χ0) is 20.5.